The van der Waals surface area contributed by atoms with E-state index in [9.17, 15) is 0 Å². The summed E-state index contributed by atoms with van der Waals surface area (Å²) in [6.07, 6.45) is 9.93. The zero-order valence-corrected chi connectivity index (χ0v) is 21.1. The van der Waals surface area contributed by atoms with Gasteiger partial charge in [0, 0.05) is 41.5 Å². The van der Waals surface area contributed by atoms with E-state index >= 15 is 0 Å². The molecule has 1 fully saturated rings. The molecule has 9 nitrogen and oxygen atoms in total. The number of carboxylic acid groups (broad SMARTS) is 1. The number of aromatic nitrogens is 2. The number of nitrogens with zero attached hydrogens (tertiary/aromatic N) is 4. The average Bonchev–Trinajstić information content (AvgIpc) is 3.25. The summed E-state index contributed by atoms with van der Waals surface area (Å²) < 4.78 is 0. The molecule has 2 aliphatic rings. The van der Waals surface area contributed by atoms with Crippen LogP contribution in [0.3, 0.4) is 0 Å². The van der Waals surface area contributed by atoms with Crippen LogP contribution in [-0.4, -0.2) is 65.9 Å². The van der Waals surface area contributed by atoms with Gasteiger partial charge in [-0.05, 0) is 70.3 Å². The highest BCUT2D eigenvalue weighted by atomic mass is 32.1. The second-order valence-electron chi connectivity index (χ2n) is 9.17. The molecule has 1 saturated heterocycles. The molecule has 3 aromatic rings. The number of rotatable bonds is 5. The zero-order chi connectivity index (χ0) is 24.9. The van der Waals surface area contributed by atoms with Crippen molar-refractivity contribution in [3.8, 4) is 0 Å². The van der Waals surface area contributed by atoms with Crippen LogP contribution in [0, 0.1) is 5.41 Å². The largest absolute Gasteiger partial charge is 0.483 e. The van der Waals surface area contributed by atoms with Gasteiger partial charge in [-0.3, -0.25) is 4.79 Å². The maximum absolute atomic E-state index is 8.36. The van der Waals surface area contributed by atoms with Crippen molar-refractivity contribution < 1.29 is 9.90 Å². The van der Waals surface area contributed by atoms with Crippen LogP contribution < -0.4 is 16.0 Å². The Morgan fingerprint density at radius 1 is 1.23 bits per heavy atom. The van der Waals surface area contributed by atoms with Gasteiger partial charge in [0.25, 0.3) is 6.47 Å². The molecule has 0 atom stereocenters. The second kappa shape index (κ2) is 11.0. The lowest BCUT2D eigenvalue weighted by molar-refractivity contribution is -0.122. The first-order chi connectivity index (χ1) is 17.0. The molecule has 1 aliphatic carbocycles. The third-order valence-electron chi connectivity index (χ3n) is 6.90. The summed E-state index contributed by atoms with van der Waals surface area (Å²) in [5.74, 6) is 0.861. The minimum absolute atomic E-state index is 0.250. The Balaban J connectivity index is 0.000000917. The van der Waals surface area contributed by atoms with Crippen LogP contribution >= 0.6 is 11.3 Å². The van der Waals surface area contributed by atoms with Gasteiger partial charge in [0.05, 0.1) is 16.8 Å². The number of carbonyl (C=O) groups is 1. The van der Waals surface area contributed by atoms with Crippen molar-refractivity contribution in [1.29, 1.82) is 5.41 Å². The molecule has 5 rings (SSSR count). The quantitative estimate of drug-likeness (QED) is 0.236. The van der Waals surface area contributed by atoms with Crippen molar-refractivity contribution in [3.63, 3.8) is 0 Å². The number of hydrogen-bond acceptors (Lipinski definition) is 9. The van der Waals surface area contributed by atoms with Gasteiger partial charge in [-0.15, -0.1) is 11.3 Å². The Kier molecular flexibility index (Phi) is 7.82. The Morgan fingerprint density at radius 3 is 2.63 bits per heavy atom. The lowest BCUT2D eigenvalue weighted by Crippen LogP contribution is -2.42. The number of hydrogen-bond donors (Lipinski definition) is 4. The lowest BCUT2D eigenvalue weighted by Gasteiger charge is -2.37. The molecule has 0 radical (unpaired) electrons. The van der Waals surface area contributed by atoms with Crippen LogP contribution in [0.4, 0.5) is 22.9 Å². The highest BCUT2D eigenvalue weighted by Crippen LogP contribution is 2.41. The fraction of sp³-hybridized carbons (Fsp3) is 0.440. The molecule has 0 unspecified atom stereocenters. The maximum Gasteiger partial charge on any atom is 0.290 e. The van der Waals surface area contributed by atoms with Crippen LogP contribution in [-0.2, 0) is 17.6 Å². The van der Waals surface area contributed by atoms with Crippen LogP contribution in [0.2, 0.25) is 0 Å². The molecule has 35 heavy (non-hydrogen) atoms. The summed E-state index contributed by atoms with van der Waals surface area (Å²) in [4.78, 5) is 24.8. The van der Waals surface area contributed by atoms with Crippen molar-refractivity contribution in [2.45, 2.75) is 44.6 Å². The average molecular weight is 496 g/mol. The maximum atomic E-state index is 8.36. The van der Waals surface area contributed by atoms with E-state index in [0.717, 1.165) is 71.7 Å². The molecule has 0 spiro atoms. The molecule has 3 heterocycles. The minimum atomic E-state index is -0.250. The molecule has 186 valence electrons. The molecule has 2 aromatic heterocycles. The Labute approximate surface area is 209 Å². The summed E-state index contributed by atoms with van der Waals surface area (Å²) in [6.45, 7) is 1.71. The van der Waals surface area contributed by atoms with E-state index in [4.69, 9.17) is 21.0 Å². The minimum Gasteiger partial charge on any atom is -0.483 e. The van der Waals surface area contributed by atoms with Crippen LogP contribution in [0.25, 0.3) is 10.2 Å². The summed E-state index contributed by atoms with van der Waals surface area (Å²) in [6, 6.07) is 4.61. The molecule has 5 N–H and O–H groups in total. The monoisotopic (exact) mass is 495 g/mol. The van der Waals surface area contributed by atoms with Gasteiger partial charge in [-0.25, -0.2) is 9.97 Å². The van der Waals surface area contributed by atoms with Crippen molar-refractivity contribution >= 4 is 57.1 Å². The predicted octanol–water partition coefficient (Wildman–Crippen LogP) is 4.12. The van der Waals surface area contributed by atoms with E-state index in [2.05, 4.69) is 39.2 Å². The number of piperidine rings is 1. The number of fused-ring (bicyclic) bond motifs is 3. The van der Waals surface area contributed by atoms with E-state index in [1.165, 1.54) is 29.5 Å². The number of thiophene rings is 1. The van der Waals surface area contributed by atoms with Crippen molar-refractivity contribution in [2.75, 3.05) is 43.1 Å². The lowest BCUT2D eigenvalue weighted by atomic mass is 9.97. The number of anilines is 4. The standard InChI is InChI=1S/C24H31N7S.CH2O2/c1-30(2)16-7-9-31(10-8-16)20-12-18(26)15(13-25)11-19(20)29-23-22-17-5-3-4-6-21(17)32-24(22)28-14-27-23;2-1-3/h11-14,16,25H,3-10,26H2,1-2H3,(H,27,28,29);1H,(H,2,3). The number of aryl methyl sites for hydroxylation is 2. The molecular formula is C25H33N7O2S. The van der Waals surface area contributed by atoms with E-state index in [0.29, 0.717) is 11.7 Å². The SMILES string of the molecule is CN(C)C1CCN(c2cc(N)c(C=N)cc2Nc2ncnc3sc4c(c23)CCCC4)CC1.O=CO. The number of nitrogen functional groups attached to an aromatic ring is 1. The molecule has 0 bridgehead atoms. The van der Waals surface area contributed by atoms with E-state index < -0.39 is 0 Å². The fourth-order valence-electron chi connectivity index (χ4n) is 5.04. The van der Waals surface area contributed by atoms with Crippen LogP contribution in [0.1, 0.15) is 41.7 Å². The molecule has 0 amide bonds. The Bertz CT molecular complexity index is 1200. The summed E-state index contributed by atoms with van der Waals surface area (Å²) in [5.41, 5.74) is 11.1. The van der Waals surface area contributed by atoms with Gasteiger partial charge >= 0.3 is 0 Å². The van der Waals surface area contributed by atoms with Gasteiger partial charge in [0.1, 0.15) is 17.0 Å². The van der Waals surface area contributed by atoms with Gasteiger partial charge < -0.3 is 31.4 Å². The highest BCUT2D eigenvalue weighted by molar-refractivity contribution is 7.19. The third-order valence-corrected chi connectivity index (χ3v) is 8.10. The Morgan fingerprint density at radius 2 is 1.94 bits per heavy atom. The van der Waals surface area contributed by atoms with E-state index in [1.54, 1.807) is 6.33 Å². The molecular weight excluding hydrogens is 462 g/mol. The summed E-state index contributed by atoms with van der Waals surface area (Å²) in [5, 5.41) is 19.5. The summed E-state index contributed by atoms with van der Waals surface area (Å²) in [7, 11) is 4.32. The van der Waals surface area contributed by atoms with Gasteiger partial charge in [-0.1, -0.05) is 0 Å². The first kappa shape index (κ1) is 24.9. The topological polar surface area (TPSA) is 131 Å². The molecule has 1 aromatic carbocycles. The van der Waals surface area contributed by atoms with Crippen LogP contribution in [0.5, 0.6) is 0 Å². The van der Waals surface area contributed by atoms with Crippen LogP contribution in [0.15, 0.2) is 18.5 Å². The first-order valence-electron chi connectivity index (χ1n) is 11.9. The van der Waals surface area contributed by atoms with Crippen molar-refractivity contribution in [3.05, 3.63) is 34.5 Å². The first-order valence-corrected chi connectivity index (χ1v) is 12.7. The van der Waals surface area contributed by atoms with Gasteiger partial charge in [0.15, 0.2) is 0 Å². The van der Waals surface area contributed by atoms with E-state index in [-0.39, 0.29) is 6.47 Å². The smallest absolute Gasteiger partial charge is 0.290 e. The fourth-order valence-corrected chi connectivity index (χ4v) is 6.27. The number of nitrogens with one attached hydrogen (secondary N) is 2. The highest BCUT2D eigenvalue weighted by Gasteiger charge is 2.25. The van der Waals surface area contributed by atoms with Gasteiger partial charge in [-0.2, -0.15) is 0 Å². The van der Waals surface area contributed by atoms with Crippen molar-refractivity contribution in [2.24, 2.45) is 0 Å². The third kappa shape index (κ3) is 5.23. The van der Waals surface area contributed by atoms with Crippen molar-refractivity contribution in [1.82, 2.24) is 14.9 Å². The molecule has 0 saturated carbocycles. The molecule has 1 aliphatic heterocycles. The number of benzene rings is 1. The Hall–Kier alpha value is -3.24. The number of nitrogens with two attached hydrogens (primary N) is 1. The van der Waals surface area contributed by atoms with Gasteiger partial charge in [0.2, 0.25) is 0 Å². The molecule has 10 heteroatoms. The zero-order valence-electron chi connectivity index (χ0n) is 20.3. The second-order valence-corrected chi connectivity index (χ2v) is 10.3. The summed E-state index contributed by atoms with van der Waals surface area (Å²) >= 11 is 1.81. The normalized spacial score (nSPS) is 15.9. The predicted molar refractivity (Wildman–Crippen MR) is 144 cm³/mol. The van der Waals surface area contributed by atoms with E-state index in [1.807, 2.05) is 23.5 Å².